The number of amides is 3. The molecule has 1 saturated heterocycles. The minimum absolute atomic E-state index is 0.296. The number of carbonyl (C=O) groups is 3. The van der Waals surface area contributed by atoms with Crippen molar-refractivity contribution in [2.45, 2.75) is 29.7 Å². The van der Waals surface area contributed by atoms with E-state index in [4.69, 9.17) is 0 Å². The summed E-state index contributed by atoms with van der Waals surface area (Å²) in [6.45, 7) is 1.63. The van der Waals surface area contributed by atoms with Crippen LogP contribution in [-0.4, -0.2) is 32.5 Å². The van der Waals surface area contributed by atoms with Gasteiger partial charge in [0.05, 0.1) is 16.6 Å². The highest BCUT2D eigenvalue weighted by Crippen LogP contribution is 2.53. The van der Waals surface area contributed by atoms with E-state index in [0.29, 0.717) is 26.8 Å². The molecule has 39 heavy (non-hydrogen) atoms. The Labute approximate surface area is 230 Å². The summed E-state index contributed by atoms with van der Waals surface area (Å²) in [5, 5.41) is 2.38. The molecule has 2 aliphatic rings. The van der Waals surface area contributed by atoms with E-state index in [1.54, 1.807) is 30.6 Å². The SMILES string of the molecule is Cc1ccc(N2C(=O)C3Sc4c(sc(=O)n4CC(=O)Nc4ccc(F)cc4)C(c4cccnc4)C3C2=O)cc1. The van der Waals surface area contributed by atoms with Crippen molar-refractivity contribution in [1.82, 2.24) is 9.55 Å². The van der Waals surface area contributed by atoms with Crippen LogP contribution in [0.15, 0.2) is 82.9 Å². The van der Waals surface area contributed by atoms with Crippen molar-refractivity contribution < 1.29 is 18.8 Å². The summed E-state index contributed by atoms with van der Waals surface area (Å²) in [4.78, 5) is 59.2. The van der Waals surface area contributed by atoms with Gasteiger partial charge in [-0.3, -0.25) is 28.7 Å². The first kappa shape index (κ1) is 25.2. The Bertz CT molecular complexity index is 1650. The van der Waals surface area contributed by atoms with Crippen LogP contribution >= 0.6 is 23.1 Å². The van der Waals surface area contributed by atoms with Gasteiger partial charge in [-0.15, -0.1) is 0 Å². The van der Waals surface area contributed by atoms with E-state index in [2.05, 4.69) is 10.3 Å². The molecule has 2 aromatic heterocycles. The van der Waals surface area contributed by atoms with Crippen molar-refractivity contribution in [3.63, 3.8) is 0 Å². The van der Waals surface area contributed by atoms with Gasteiger partial charge in [0.2, 0.25) is 17.7 Å². The lowest BCUT2D eigenvalue weighted by atomic mass is 9.84. The molecule has 1 N–H and O–H groups in total. The number of carbonyl (C=O) groups excluding carboxylic acids is 3. The molecule has 11 heteroatoms. The summed E-state index contributed by atoms with van der Waals surface area (Å²) in [5.74, 6) is -2.91. The van der Waals surface area contributed by atoms with Gasteiger partial charge in [-0.05, 0) is 55.0 Å². The van der Waals surface area contributed by atoms with Crippen LogP contribution in [0.25, 0.3) is 0 Å². The van der Waals surface area contributed by atoms with Gasteiger partial charge in [-0.2, -0.15) is 0 Å². The van der Waals surface area contributed by atoms with Crippen LogP contribution in [0.1, 0.15) is 21.9 Å². The molecule has 0 saturated carbocycles. The lowest BCUT2D eigenvalue weighted by Gasteiger charge is -2.30. The molecule has 3 unspecified atom stereocenters. The molecule has 196 valence electrons. The number of rotatable bonds is 5. The zero-order valence-corrected chi connectivity index (χ0v) is 22.2. The molecular weight excluding hydrogens is 539 g/mol. The van der Waals surface area contributed by atoms with E-state index in [1.165, 1.54) is 33.7 Å². The van der Waals surface area contributed by atoms with E-state index in [1.807, 2.05) is 25.1 Å². The predicted molar refractivity (Wildman–Crippen MR) is 146 cm³/mol. The third-order valence-electron chi connectivity index (χ3n) is 6.81. The van der Waals surface area contributed by atoms with Gasteiger partial charge in [-0.1, -0.05) is 46.9 Å². The molecule has 3 atom stereocenters. The molecule has 8 nitrogen and oxygen atoms in total. The summed E-state index contributed by atoms with van der Waals surface area (Å²) in [5.41, 5.74) is 2.60. The number of hydrogen-bond acceptors (Lipinski definition) is 7. The molecule has 3 amide bonds. The maximum atomic E-state index is 13.8. The van der Waals surface area contributed by atoms with Gasteiger partial charge in [0.1, 0.15) is 17.6 Å². The Morgan fingerprint density at radius 1 is 1.03 bits per heavy atom. The topological polar surface area (TPSA) is 101 Å². The van der Waals surface area contributed by atoms with Crippen LogP contribution in [-0.2, 0) is 20.9 Å². The second kappa shape index (κ2) is 9.90. The molecule has 0 radical (unpaired) electrons. The van der Waals surface area contributed by atoms with Crippen LogP contribution in [0.5, 0.6) is 0 Å². The van der Waals surface area contributed by atoms with Crippen molar-refractivity contribution in [3.05, 3.63) is 105 Å². The smallest absolute Gasteiger partial charge is 0.308 e. The molecular formula is C28H21FN4O4S2. The lowest BCUT2D eigenvalue weighted by Crippen LogP contribution is -2.33. The molecule has 4 heterocycles. The van der Waals surface area contributed by atoms with Crippen LogP contribution < -0.4 is 15.1 Å². The molecule has 2 aromatic carbocycles. The molecule has 0 bridgehead atoms. The number of pyridine rings is 1. The largest absolute Gasteiger partial charge is 0.325 e. The first-order chi connectivity index (χ1) is 18.8. The van der Waals surface area contributed by atoms with Gasteiger partial charge < -0.3 is 5.32 Å². The number of halogens is 1. The standard InChI is InChI=1S/C28H21FN4O4S2/c1-15-4-10-19(11-5-15)33-25(35)22-21(16-3-2-12-30-13-16)24-27(38-23(22)26(33)36)32(28(37)39-24)14-20(34)31-18-8-6-17(29)7-9-18/h2-13,21-23H,14H2,1H3,(H,31,34). The number of thiazole rings is 1. The van der Waals surface area contributed by atoms with E-state index in [-0.39, 0.29) is 23.2 Å². The van der Waals surface area contributed by atoms with Crippen LogP contribution in [0, 0.1) is 18.7 Å². The van der Waals surface area contributed by atoms with Crippen LogP contribution in [0.3, 0.4) is 0 Å². The molecule has 1 fully saturated rings. The van der Waals surface area contributed by atoms with E-state index in [9.17, 15) is 23.6 Å². The highest BCUT2D eigenvalue weighted by atomic mass is 32.2. The number of imide groups is 1. The fourth-order valence-corrected chi connectivity index (χ4v) is 7.77. The fourth-order valence-electron chi connectivity index (χ4n) is 5.00. The quantitative estimate of drug-likeness (QED) is 0.368. The Hall–Kier alpha value is -4.09. The fraction of sp³-hybridized carbons (Fsp3) is 0.179. The van der Waals surface area contributed by atoms with Crippen molar-refractivity contribution >= 4 is 52.2 Å². The van der Waals surface area contributed by atoms with Gasteiger partial charge in [0.15, 0.2) is 0 Å². The molecule has 4 aromatic rings. The number of aryl methyl sites for hydroxylation is 1. The van der Waals surface area contributed by atoms with Gasteiger partial charge >= 0.3 is 4.87 Å². The van der Waals surface area contributed by atoms with Crippen LogP contribution in [0.4, 0.5) is 15.8 Å². The number of nitrogens with zero attached hydrogens (tertiary/aromatic N) is 3. The van der Waals surface area contributed by atoms with Crippen molar-refractivity contribution in [2.24, 2.45) is 5.92 Å². The highest BCUT2D eigenvalue weighted by molar-refractivity contribution is 8.00. The van der Waals surface area contributed by atoms with Gasteiger partial charge in [0, 0.05) is 28.9 Å². The monoisotopic (exact) mass is 560 g/mol. The minimum Gasteiger partial charge on any atom is -0.325 e. The summed E-state index contributed by atoms with van der Waals surface area (Å²) in [6, 6.07) is 16.1. The summed E-state index contributed by atoms with van der Waals surface area (Å²) in [7, 11) is 0. The number of thioether (sulfide) groups is 1. The second-order valence-electron chi connectivity index (χ2n) is 9.35. The Kier molecular flexibility index (Phi) is 6.40. The Morgan fingerprint density at radius 2 is 1.77 bits per heavy atom. The van der Waals surface area contributed by atoms with Gasteiger partial charge in [0.25, 0.3) is 0 Å². The number of benzene rings is 2. The molecule has 0 spiro atoms. The predicted octanol–water partition coefficient (Wildman–Crippen LogP) is 4.19. The van der Waals surface area contributed by atoms with Crippen molar-refractivity contribution in [3.8, 4) is 0 Å². The lowest BCUT2D eigenvalue weighted by molar-refractivity contribution is -0.122. The summed E-state index contributed by atoms with van der Waals surface area (Å²) < 4.78 is 14.6. The summed E-state index contributed by atoms with van der Waals surface area (Å²) in [6.07, 6.45) is 3.26. The van der Waals surface area contributed by atoms with E-state index < -0.39 is 28.8 Å². The Morgan fingerprint density at radius 3 is 2.46 bits per heavy atom. The second-order valence-corrected chi connectivity index (χ2v) is 11.5. The van der Waals surface area contributed by atoms with Crippen molar-refractivity contribution in [2.75, 3.05) is 10.2 Å². The first-order valence-electron chi connectivity index (χ1n) is 12.1. The number of aromatic nitrogens is 2. The molecule has 0 aliphatic carbocycles. The highest BCUT2D eigenvalue weighted by Gasteiger charge is 2.56. The maximum Gasteiger partial charge on any atom is 0.308 e. The number of fused-ring (bicyclic) bond motifs is 2. The zero-order valence-electron chi connectivity index (χ0n) is 20.5. The van der Waals surface area contributed by atoms with Crippen molar-refractivity contribution in [1.29, 1.82) is 0 Å². The Balaban J connectivity index is 1.39. The van der Waals surface area contributed by atoms with Gasteiger partial charge in [-0.25, -0.2) is 9.29 Å². The average Bonchev–Trinajstić information content (AvgIpc) is 3.37. The number of hydrogen-bond donors (Lipinski definition) is 1. The molecule has 2 aliphatic heterocycles. The van der Waals surface area contributed by atoms with E-state index in [0.717, 1.165) is 28.7 Å². The van der Waals surface area contributed by atoms with Crippen LogP contribution in [0.2, 0.25) is 0 Å². The normalized spacial score (nSPS) is 20.1. The third-order valence-corrected chi connectivity index (χ3v) is 9.42. The first-order valence-corrected chi connectivity index (χ1v) is 13.8. The maximum absolute atomic E-state index is 13.8. The third kappa shape index (κ3) is 4.47. The average molecular weight is 561 g/mol. The minimum atomic E-state index is -0.781. The number of anilines is 2. The zero-order chi connectivity index (χ0) is 27.3. The molecule has 6 rings (SSSR count). The summed E-state index contributed by atoms with van der Waals surface area (Å²) >= 11 is 2.12. The number of nitrogens with one attached hydrogen (secondary N) is 1. The van der Waals surface area contributed by atoms with E-state index >= 15 is 0 Å².